The molecular formula is C35H72O11. The van der Waals surface area contributed by atoms with E-state index < -0.39 is 30.0 Å². The van der Waals surface area contributed by atoms with E-state index in [1.807, 2.05) is 27.7 Å². The number of unbranched alkanes of at least 4 members (excludes halogenated alkanes) is 4. The second kappa shape index (κ2) is 40.8. The maximum absolute atomic E-state index is 10.4. The summed E-state index contributed by atoms with van der Waals surface area (Å²) in [6.45, 7) is 15.3. The Hall–Kier alpha value is -2.24. The SMILES string of the molecule is CCCCC(CC)C(=O)O.CCCCC(CC)C(=O)O.CCCCC(CC)C(=O)O.CCCCC(CC)C(=O)O.OCC(O)CO. The summed E-state index contributed by atoms with van der Waals surface area (Å²) in [4.78, 5) is 41.7. The van der Waals surface area contributed by atoms with Crippen LogP contribution < -0.4 is 0 Å². The van der Waals surface area contributed by atoms with Crippen LogP contribution in [0.3, 0.4) is 0 Å². The van der Waals surface area contributed by atoms with Gasteiger partial charge in [-0.3, -0.25) is 19.2 Å². The lowest BCUT2D eigenvalue weighted by molar-refractivity contribution is -0.143. The molecule has 0 aliphatic carbocycles. The van der Waals surface area contributed by atoms with Crippen molar-refractivity contribution in [3.63, 3.8) is 0 Å². The Kier molecular flexibility index (Phi) is 47.2. The Balaban J connectivity index is -0.000000154. The van der Waals surface area contributed by atoms with Crippen molar-refractivity contribution in [3.8, 4) is 0 Å². The first-order chi connectivity index (χ1) is 21.7. The van der Waals surface area contributed by atoms with Crippen LogP contribution in [-0.4, -0.2) is 78.9 Å². The van der Waals surface area contributed by atoms with Crippen LogP contribution in [-0.2, 0) is 19.2 Å². The van der Waals surface area contributed by atoms with Gasteiger partial charge in [-0.15, -0.1) is 0 Å². The zero-order valence-corrected chi connectivity index (χ0v) is 30.4. The number of hydrogen-bond donors (Lipinski definition) is 7. The molecule has 0 amide bonds. The summed E-state index contributed by atoms with van der Waals surface area (Å²) in [6.07, 6.45) is 13.9. The van der Waals surface area contributed by atoms with Gasteiger partial charge in [-0.1, -0.05) is 107 Å². The van der Waals surface area contributed by atoms with E-state index in [1.54, 1.807) is 0 Å². The molecule has 46 heavy (non-hydrogen) atoms. The Morgan fingerprint density at radius 1 is 0.413 bits per heavy atom. The zero-order valence-electron chi connectivity index (χ0n) is 30.4. The highest BCUT2D eigenvalue weighted by molar-refractivity contribution is 5.70. The molecule has 4 unspecified atom stereocenters. The molecule has 0 aromatic carbocycles. The quantitative estimate of drug-likeness (QED) is 0.0601. The summed E-state index contributed by atoms with van der Waals surface area (Å²) < 4.78 is 0. The second-order valence-electron chi connectivity index (χ2n) is 11.4. The third-order valence-corrected chi connectivity index (χ3v) is 7.41. The van der Waals surface area contributed by atoms with Crippen LogP contribution in [0.4, 0.5) is 0 Å². The highest BCUT2D eigenvalue weighted by Gasteiger charge is 2.15. The molecule has 0 radical (unpaired) electrons. The van der Waals surface area contributed by atoms with Crippen LogP contribution in [0.15, 0.2) is 0 Å². The molecule has 0 aliphatic heterocycles. The summed E-state index contributed by atoms with van der Waals surface area (Å²) in [5, 5.41) is 58.4. The highest BCUT2D eigenvalue weighted by atomic mass is 16.4. The minimum atomic E-state index is -0.954. The minimum Gasteiger partial charge on any atom is -0.481 e. The zero-order chi connectivity index (χ0) is 36.9. The smallest absolute Gasteiger partial charge is 0.306 e. The van der Waals surface area contributed by atoms with E-state index in [0.29, 0.717) is 0 Å². The number of carbonyl (C=O) groups is 4. The molecule has 0 spiro atoms. The second-order valence-corrected chi connectivity index (χ2v) is 11.4. The molecule has 0 fully saturated rings. The van der Waals surface area contributed by atoms with Crippen LogP contribution in [0.5, 0.6) is 0 Å². The molecule has 7 N–H and O–H groups in total. The first-order valence-electron chi connectivity index (χ1n) is 17.5. The van der Waals surface area contributed by atoms with Gasteiger partial charge in [-0.25, -0.2) is 0 Å². The lowest BCUT2D eigenvalue weighted by Crippen LogP contribution is -2.15. The Morgan fingerprint density at radius 2 is 0.587 bits per heavy atom. The van der Waals surface area contributed by atoms with Gasteiger partial charge in [0.05, 0.1) is 36.9 Å². The molecule has 0 saturated heterocycles. The first kappa shape index (κ1) is 53.3. The van der Waals surface area contributed by atoms with E-state index in [2.05, 4.69) is 27.7 Å². The highest BCUT2D eigenvalue weighted by Crippen LogP contribution is 2.14. The molecule has 0 heterocycles. The molecule has 0 rings (SSSR count). The van der Waals surface area contributed by atoms with Crippen LogP contribution >= 0.6 is 0 Å². The molecule has 4 atom stereocenters. The van der Waals surface area contributed by atoms with Crippen LogP contribution in [0, 0.1) is 23.7 Å². The maximum Gasteiger partial charge on any atom is 0.306 e. The lowest BCUT2D eigenvalue weighted by Gasteiger charge is -2.06. The van der Waals surface area contributed by atoms with Crippen molar-refractivity contribution in [3.05, 3.63) is 0 Å². The van der Waals surface area contributed by atoms with E-state index in [1.165, 1.54) is 0 Å². The van der Waals surface area contributed by atoms with Crippen molar-refractivity contribution in [1.29, 1.82) is 0 Å². The van der Waals surface area contributed by atoms with Gasteiger partial charge in [0.1, 0.15) is 6.10 Å². The number of aliphatic carboxylic acids is 4. The van der Waals surface area contributed by atoms with Crippen molar-refractivity contribution >= 4 is 23.9 Å². The maximum atomic E-state index is 10.4. The number of carboxylic acids is 4. The Bertz CT molecular complexity index is 577. The normalized spacial score (nSPS) is 12.6. The van der Waals surface area contributed by atoms with Gasteiger partial charge in [0.25, 0.3) is 0 Å². The van der Waals surface area contributed by atoms with Crippen molar-refractivity contribution in [1.82, 2.24) is 0 Å². The van der Waals surface area contributed by atoms with E-state index in [-0.39, 0.29) is 36.9 Å². The van der Waals surface area contributed by atoms with Gasteiger partial charge in [0.15, 0.2) is 0 Å². The van der Waals surface area contributed by atoms with E-state index in [9.17, 15) is 19.2 Å². The standard InChI is InChI=1S/4C8H16O2.C3H8O3/c4*1-3-5-6-7(4-2)8(9)10;4-1-3(6)2-5/h4*7H,3-6H2,1-2H3,(H,9,10);3-6H,1-2H2. The third-order valence-electron chi connectivity index (χ3n) is 7.41. The van der Waals surface area contributed by atoms with Crippen molar-refractivity contribution in [2.75, 3.05) is 13.2 Å². The molecule has 0 aromatic heterocycles. The Morgan fingerprint density at radius 3 is 0.652 bits per heavy atom. The van der Waals surface area contributed by atoms with Gasteiger partial charge < -0.3 is 35.7 Å². The largest absolute Gasteiger partial charge is 0.481 e. The van der Waals surface area contributed by atoms with E-state index in [0.717, 1.165) is 103 Å². The molecular weight excluding hydrogens is 596 g/mol. The first-order valence-corrected chi connectivity index (χ1v) is 17.5. The van der Waals surface area contributed by atoms with Crippen molar-refractivity contribution in [2.24, 2.45) is 23.7 Å². The third kappa shape index (κ3) is 39.8. The topological polar surface area (TPSA) is 210 Å². The van der Waals surface area contributed by atoms with Crippen LogP contribution in [0.2, 0.25) is 0 Å². The predicted octanol–water partition coefficient (Wildman–Crippen LogP) is 7.48. The molecule has 0 bridgehead atoms. The molecule has 0 aromatic rings. The average molecular weight is 669 g/mol. The predicted molar refractivity (Wildman–Crippen MR) is 184 cm³/mol. The molecule has 0 saturated carbocycles. The number of carboxylic acid groups (broad SMARTS) is 4. The average Bonchev–Trinajstić information content (AvgIpc) is 3.02. The van der Waals surface area contributed by atoms with Crippen molar-refractivity contribution < 1.29 is 54.9 Å². The van der Waals surface area contributed by atoms with Crippen molar-refractivity contribution in [2.45, 2.75) is 164 Å². The summed E-state index contributed by atoms with van der Waals surface area (Å²) in [5.74, 6) is -3.02. The van der Waals surface area contributed by atoms with Gasteiger partial charge in [-0.05, 0) is 51.4 Å². The van der Waals surface area contributed by atoms with E-state index >= 15 is 0 Å². The summed E-state index contributed by atoms with van der Waals surface area (Å²) >= 11 is 0. The summed E-state index contributed by atoms with van der Waals surface area (Å²) in [7, 11) is 0. The number of hydrogen-bond acceptors (Lipinski definition) is 7. The molecule has 0 aliphatic rings. The molecule has 11 nitrogen and oxygen atoms in total. The number of aliphatic hydroxyl groups is 3. The fraction of sp³-hybridized carbons (Fsp3) is 0.886. The van der Waals surface area contributed by atoms with Gasteiger partial charge in [-0.2, -0.15) is 0 Å². The summed E-state index contributed by atoms with van der Waals surface area (Å²) in [6, 6.07) is 0. The summed E-state index contributed by atoms with van der Waals surface area (Å²) in [5.41, 5.74) is 0. The molecule has 278 valence electrons. The minimum absolute atomic E-state index is 0.111. The van der Waals surface area contributed by atoms with E-state index in [4.69, 9.17) is 35.7 Å². The Labute approximate surface area is 279 Å². The van der Waals surface area contributed by atoms with Crippen LogP contribution in [0.1, 0.15) is 158 Å². The number of aliphatic hydroxyl groups excluding tert-OH is 3. The van der Waals surface area contributed by atoms with Gasteiger partial charge >= 0.3 is 23.9 Å². The van der Waals surface area contributed by atoms with Gasteiger partial charge in [0, 0.05) is 0 Å². The number of rotatable bonds is 22. The fourth-order valence-corrected chi connectivity index (χ4v) is 3.87. The van der Waals surface area contributed by atoms with Crippen LogP contribution in [0.25, 0.3) is 0 Å². The van der Waals surface area contributed by atoms with Gasteiger partial charge in [0.2, 0.25) is 0 Å². The fourth-order valence-electron chi connectivity index (χ4n) is 3.87. The lowest BCUT2D eigenvalue weighted by atomic mass is 10.00. The monoisotopic (exact) mass is 669 g/mol. The molecule has 11 heteroatoms.